The lowest BCUT2D eigenvalue weighted by atomic mass is 9.69. The zero-order chi connectivity index (χ0) is 10.6. The molecule has 0 heteroatoms. The van der Waals surface area contributed by atoms with Crippen molar-refractivity contribution in [2.75, 3.05) is 0 Å². The lowest BCUT2D eigenvalue weighted by Crippen LogP contribution is -2.29. The van der Waals surface area contributed by atoms with E-state index >= 15 is 0 Å². The summed E-state index contributed by atoms with van der Waals surface area (Å²) in [6, 6.07) is 0. The van der Waals surface area contributed by atoms with Crippen LogP contribution in [0.5, 0.6) is 0 Å². The molecular weight excluding hydrogens is 180 g/mol. The molecule has 0 aromatic carbocycles. The number of hydrogen-bond acceptors (Lipinski definition) is 0. The standard InChI is InChI=1S/C15H24/c1-13(2)6-5-7-14(3)9-8-10-12(11(9)13)15(10,14)4/h9-12H,5-8H2,1-4H3/t9-,10?,11-,12?,14+,15?/m1/s1. The lowest BCUT2D eigenvalue weighted by Gasteiger charge is -2.35. The van der Waals surface area contributed by atoms with Crippen molar-refractivity contribution in [3.05, 3.63) is 0 Å². The van der Waals surface area contributed by atoms with E-state index in [2.05, 4.69) is 27.7 Å². The van der Waals surface area contributed by atoms with Crippen molar-refractivity contribution in [2.45, 2.75) is 53.4 Å². The van der Waals surface area contributed by atoms with E-state index in [-0.39, 0.29) is 0 Å². The Labute approximate surface area is 93.8 Å². The van der Waals surface area contributed by atoms with Crippen molar-refractivity contribution in [2.24, 2.45) is 39.9 Å². The summed E-state index contributed by atoms with van der Waals surface area (Å²) in [6.45, 7) is 10.4. The Bertz CT molecular complexity index is 342. The SMILES string of the molecule is CC1(C)CCC[C@@]2(C)[C@@H]3CC4C([C@@H]31)C42C. The van der Waals surface area contributed by atoms with Crippen LogP contribution in [0.3, 0.4) is 0 Å². The summed E-state index contributed by atoms with van der Waals surface area (Å²) in [5.74, 6) is 4.44. The predicted molar refractivity (Wildman–Crippen MR) is 62.4 cm³/mol. The van der Waals surface area contributed by atoms with E-state index in [4.69, 9.17) is 0 Å². The molecule has 5 rings (SSSR count). The van der Waals surface area contributed by atoms with E-state index in [0.29, 0.717) is 5.41 Å². The minimum absolute atomic E-state index is 0.649. The molecule has 5 fully saturated rings. The summed E-state index contributed by atoms with van der Waals surface area (Å²) in [5.41, 5.74) is 2.16. The summed E-state index contributed by atoms with van der Waals surface area (Å²) in [7, 11) is 0. The van der Waals surface area contributed by atoms with Crippen molar-refractivity contribution in [1.29, 1.82) is 0 Å². The van der Waals surface area contributed by atoms with Gasteiger partial charge in [-0.15, -0.1) is 0 Å². The van der Waals surface area contributed by atoms with E-state index in [0.717, 1.165) is 34.5 Å². The molecule has 15 heavy (non-hydrogen) atoms. The maximum absolute atomic E-state index is 2.64. The van der Waals surface area contributed by atoms with Crippen molar-refractivity contribution in [3.63, 3.8) is 0 Å². The first-order chi connectivity index (χ1) is 6.93. The molecule has 0 radical (unpaired) electrons. The Kier molecular flexibility index (Phi) is 1.24. The average molecular weight is 204 g/mol. The zero-order valence-corrected chi connectivity index (χ0v) is 10.6. The Balaban J connectivity index is 1.89. The molecule has 6 bridgehead atoms. The first-order valence-electron chi connectivity index (χ1n) is 6.93. The number of hydrogen-bond donors (Lipinski definition) is 0. The van der Waals surface area contributed by atoms with Crippen molar-refractivity contribution < 1.29 is 0 Å². The van der Waals surface area contributed by atoms with Crippen LogP contribution in [-0.2, 0) is 0 Å². The van der Waals surface area contributed by atoms with Crippen LogP contribution in [0, 0.1) is 39.9 Å². The fraction of sp³-hybridized carbons (Fsp3) is 1.00. The van der Waals surface area contributed by atoms with Gasteiger partial charge in [-0.1, -0.05) is 34.1 Å². The van der Waals surface area contributed by atoms with Gasteiger partial charge in [-0.3, -0.25) is 0 Å². The van der Waals surface area contributed by atoms with Crippen LogP contribution in [0.25, 0.3) is 0 Å². The molecule has 5 aliphatic carbocycles. The molecule has 0 heterocycles. The third kappa shape index (κ3) is 0.666. The highest BCUT2D eigenvalue weighted by Crippen LogP contribution is 2.91. The minimum Gasteiger partial charge on any atom is -0.0596 e. The highest BCUT2D eigenvalue weighted by atomic mass is 14.9. The molecule has 84 valence electrons. The Hall–Kier alpha value is 0. The van der Waals surface area contributed by atoms with Gasteiger partial charge in [-0.05, 0) is 59.2 Å². The molecule has 0 nitrogen and oxygen atoms in total. The van der Waals surface area contributed by atoms with Gasteiger partial charge in [0, 0.05) is 0 Å². The van der Waals surface area contributed by atoms with Crippen LogP contribution in [0.2, 0.25) is 0 Å². The minimum atomic E-state index is 0.649. The zero-order valence-electron chi connectivity index (χ0n) is 10.6. The topological polar surface area (TPSA) is 0 Å². The van der Waals surface area contributed by atoms with Crippen molar-refractivity contribution in [1.82, 2.24) is 0 Å². The Morgan fingerprint density at radius 2 is 1.60 bits per heavy atom. The smallest absolute Gasteiger partial charge is 0.0204 e. The second-order valence-corrected chi connectivity index (χ2v) is 8.04. The highest BCUT2D eigenvalue weighted by molar-refractivity contribution is 5.33. The molecule has 0 aliphatic heterocycles. The quantitative estimate of drug-likeness (QED) is 0.557. The first-order valence-corrected chi connectivity index (χ1v) is 6.93. The lowest BCUT2D eigenvalue weighted by molar-refractivity contribution is 0.127. The van der Waals surface area contributed by atoms with E-state index in [1.807, 2.05) is 0 Å². The first kappa shape index (κ1) is 9.07. The Morgan fingerprint density at radius 1 is 0.867 bits per heavy atom. The van der Waals surface area contributed by atoms with Crippen LogP contribution < -0.4 is 0 Å². The van der Waals surface area contributed by atoms with Crippen molar-refractivity contribution >= 4 is 0 Å². The molecular formula is C15H24. The fourth-order valence-corrected chi connectivity index (χ4v) is 6.75. The third-order valence-electron chi connectivity index (χ3n) is 7.58. The number of rotatable bonds is 0. The summed E-state index contributed by atoms with van der Waals surface area (Å²) in [6.07, 6.45) is 6.10. The predicted octanol–water partition coefficient (Wildman–Crippen LogP) is 4.10. The van der Waals surface area contributed by atoms with Gasteiger partial charge >= 0.3 is 0 Å². The van der Waals surface area contributed by atoms with Crippen LogP contribution >= 0.6 is 0 Å². The van der Waals surface area contributed by atoms with Gasteiger partial charge in [0.2, 0.25) is 0 Å². The summed E-state index contributed by atoms with van der Waals surface area (Å²) in [4.78, 5) is 0. The maximum Gasteiger partial charge on any atom is -0.0204 e. The molecule has 5 aliphatic rings. The molecule has 0 aromatic heterocycles. The summed E-state index contributed by atoms with van der Waals surface area (Å²) >= 11 is 0. The van der Waals surface area contributed by atoms with Crippen LogP contribution in [0.15, 0.2) is 0 Å². The maximum atomic E-state index is 2.64. The molecule has 6 atom stereocenters. The monoisotopic (exact) mass is 204 g/mol. The van der Waals surface area contributed by atoms with Gasteiger partial charge in [-0.2, -0.15) is 0 Å². The fourth-order valence-electron chi connectivity index (χ4n) is 6.75. The van der Waals surface area contributed by atoms with Gasteiger partial charge in [0.1, 0.15) is 0 Å². The average Bonchev–Trinajstić information content (AvgIpc) is 2.49. The second kappa shape index (κ2) is 2.05. The summed E-state index contributed by atoms with van der Waals surface area (Å²) < 4.78 is 0. The summed E-state index contributed by atoms with van der Waals surface area (Å²) in [5, 5.41) is 0. The molecule has 0 aromatic rings. The molecule has 0 saturated heterocycles. The van der Waals surface area contributed by atoms with Gasteiger partial charge in [0.25, 0.3) is 0 Å². The van der Waals surface area contributed by atoms with E-state index < -0.39 is 0 Å². The van der Waals surface area contributed by atoms with E-state index in [9.17, 15) is 0 Å². The van der Waals surface area contributed by atoms with Gasteiger partial charge < -0.3 is 0 Å². The van der Waals surface area contributed by atoms with Gasteiger partial charge in [-0.25, -0.2) is 0 Å². The Morgan fingerprint density at radius 3 is 2.27 bits per heavy atom. The normalized spacial score (nSPS) is 68.0. The van der Waals surface area contributed by atoms with Gasteiger partial charge in [0.15, 0.2) is 0 Å². The molecule has 0 N–H and O–H groups in total. The van der Waals surface area contributed by atoms with Crippen LogP contribution in [0.4, 0.5) is 0 Å². The highest BCUT2D eigenvalue weighted by Gasteiger charge is 2.86. The van der Waals surface area contributed by atoms with E-state index in [1.165, 1.54) is 19.3 Å². The molecule has 5 saturated carbocycles. The second-order valence-electron chi connectivity index (χ2n) is 8.04. The van der Waals surface area contributed by atoms with Crippen LogP contribution in [0.1, 0.15) is 53.4 Å². The van der Waals surface area contributed by atoms with Crippen molar-refractivity contribution in [3.8, 4) is 0 Å². The van der Waals surface area contributed by atoms with Gasteiger partial charge in [0.05, 0.1) is 0 Å². The molecule has 3 unspecified atom stereocenters. The largest absolute Gasteiger partial charge is 0.0596 e. The molecule has 0 spiro atoms. The van der Waals surface area contributed by atoms with E-state index in [1.54, 1.807) is 6.42 Å². The molecule has 0 amide bonds. The third-order valence-corrected chi connectivity index (χ3v) is 7.58. The van der Waals surface area contributed by atoms with Crippen LogP contribution in [-0.4, -0.2) is 0 Å².